The van der Waals surface area contributed by atoms with Gasteiger partial charge in [0.1, 0.15) is 0 Å². The SMILES string of the molecule is C=C(C)C(=O)OC1(C)C(=O)CC2CC1C2(C)C. The minimum Gasteiger partial charge on any atom is -0.448 e. The zero-order valence-corrected chi connectivity index (χ0v) is 11.0. The van der Waals surface area contributed by atoms with Gasteiger partial charge in [0.2, 0.25) is 0 Å². The van der Waals surface area contributed by atoms with Gasteiger partial charge in [-0.15, -0.1) is 0 Å². The first-order valence-corrected chi connectivity index (χ1v) is 6.11. The van der Waals surface area contributed by atoms with E-state index in [0.29, 0.717) is 17.9 Å². The zero-order valence-electron chi connectivity index (χ0n) is 11.0. The second-order valence-corrected chi connectivity index (χ2v) is 6.21. The quantitative estimate of drug-likeness (QED) is 0.546. The fraction of sp³-hybridized carbons (Fsp3) is 0.714. The van der Waals surface area contributed by atoms with Crippen molar-refractivity contribution in [2.45, 2.75) is 46.1 Å². The van der Waals surface area contributed by atoms with Gasteiger partial charge in [-0.05, 0) is 31.6 Å². The maximum Gasteiger partial charge on any atom is 0.334 e. The van der Waals surface area contributed by atoms with Crippen molar-refractivity contribution in [3.63, 3.8) is 0 Å². The second-order valence-electron chi connectivity index (χ2n) is 6.21. The van der Waals surface area contributed by atoms with Crippen LogP contribution in [0.25, 0.3) is 0 Å². The molecule has 3 aliphatic carbocycles. The van der Waals surface area contributed by atoms with Crippen molar-refractivity contribution in [3.8, 4) is 0 Å². The van der Waals surface area contributed by atoms with Gasteiger partial charge in [0.15, 0.2) is 11.4 Å². The molecular weight excluding hydrogens is 216 g/mol. The summed E-state index contributed by atoms with van der Waals surface area (Å²) in [5.41, 5.74) is -0.509. The Labute approximate surface area is 102 Å². The van der Waals surface area contributed by atoms with Crippen LogP contribution >= 0.6 is 0 Å². The summed E-state index contributed by atoms with van der Waals surface area (Å²) < 4.78 is 5.45. The lowest BCUT2D eigenvalue weighted by atomic mass is 9.44. The van der Waals surface area contributed by atoms with Crippen LogP contribution in [0.15, 0.2) is 12.2 Å². The lowest BCUT2D eigenvalue weighted by Crippen LogP contribution is -2.66. The topological polar surface area (TPSA) is 43.4 Å². The number of esters is 1. The molecule has 3 heteroatoms. The monoisotopic (exact) mass is 236 g/mol. The first-order chi connectivity index (χ1) is 7.69. The lowest BCUT2D eigenvalue weighted by molar-refractivity contribution is -0.211. The molecule has 3 fully saturated rings. The van der Waals surface area contributed by atoms with E-state index in [-0.39, 0.29) is 17.1 Å². The Bertz CT molecular complexity index is 408. The number of ether oxygens (including phenoxy) is 1. The van der Waals surface area contributed by atoms with Gasteiger partial charge in [-0.3, -0.25) is 4.79 Å². The van der Waals surface area contributed by atoms with Gasteiger partial charge in [-0.2, -0.15) is 0 Å². The van der Waals surface area contributed by atoms with Crippen molar-refractivity contribution in [2.24, 2.45) is 17.3 Å². The number of hydrogen-bond acceptors (Lipinski definition) is 3. The van der Waals surface area contributed by atoms with Crippen LogP contribution in [0.4, 0.5) is 0 Å². The third-order valence-corrected chi connectivity index (χ3v) is 4.77. The van der Waals surface area contributed by atoms with E-state index in [9.17, 15) is 9.59 Å². The average Bonchev–Trinajstić information content (AvgIpc) is 2.21. The molecule has 3 rings (SSSR count). The number of fused-ring (bicyclic) bond motifs is 2. The molecule has 17 heavy (non-hydrogen) atoms. The molecule has 0 saturated heterocycles. The van der Waals surface area contributed by atoms with Gasteiger partial charge >= 0.3 is 5.97 Å². The molecule has 3 aliphatic rings. The van der Waals surface area contributed by atoms with Gasteiger partial charge in [0.05, 0.1) is 0 Å². The second kappa shape index (κ2) is 3.44. The van der Waals surface area contributed by atoms with E-state index in [0.717, 1.165) is 6.42 Å². The van der Waals surface area contributed by atoms with Crippen LogP contribution < -0.4 is 0 Å². The highest BCUT2D eigenvalue weighted by Gasteiger charge is 2.65. The van der Waals surface area contributed by atoms with Crippen molar-refractivity contribution in [2.75, 3.05) is 0 Å². The first-order valence-electron chi connectivity index (χ1n) is 6.11. The summed E-state index contributed by atoms with van der Waals surface area (Å²) in [7, 11) is 0. The van der Waals surface area contributed by atoms with Crippen LogP contribution in [0.2, 0.25) is 0 Å². The number of rotatable bonds is 2. The van der Waals surface area contributed by atoms with E-state index in [1.54, 1.807) is 13.8 Å². The Kier molecular flexibility index (Phi) is 2.49. The van der Waals surface area contributed by atoms with Crippen LogP contribution in [0.1, 0.15) is 40.5 Å². The van der Waals surface area contributed by atoms with Crippen LogP contribution in [0, 0.1) is 17.3 Å². The smallest absolute Gasteiger partial charge is 0.334 e. The summed E-state index contributed by atoms with van der Waals surface area (Å²) >= 11 is 0. The van der Waals surface area contributed by atoms with E-state index < -0.39 is 11.6 Å². The third kappa shape index (κ3) is 1.55. The fourth-order valence-corrected chi connectivity index (χ4v) is 3.33. The molecule has 0 spiro atoms. The summed E-state index contributed by atoms with van der Waals surface area (Å²) in [5, 5.41) is 0. The largest absolute Gasteiger partial charge is 0.448 e. The molecule has 0 aliphatic heterocycles. The molecule has 0 radical (unpaired) electrons. The summed E-state index contributed by atoms with van der Waals surface area (Å²) in [5.74, 6) is 0.204. The van der Waals surface area contributed by atoms with E-state index >= 15 is 0 Å². The molecule has 0 aromatic heterocycles. The summed E-state index contributed by atoms with van der Waals surface area (Å²) in [6, 6.07) is 0. The maximum atomic E-state index is 12.1. The molecule has 3 saturated carbocycles. The molecule has 0 N–H and O–H groups in total. The van der Waals surface area contributed by atoms with Crippen molar-refractivity contribution < 1.29 is 14.3 Å². The standard InChI is InChI=1S/C14H20O3/c1-8(2)12(16)17-14(5)10-6-9(7-11(14)15)13(10,3)4/h9-10H,1,6-7H2,2-5H3. The molecule has 94 valence electrons. The molecule has 3 nitrogen and oxygen atoms in total. The van der Waals surface area contributed by atoms with Gasteiger partial charge in [-0.25, -0.2) is 4.79 Å². The van der Waals surface area contributed by atoms with Crippen LogP contribution in [-0.2, 0) is 14.3 Å². The molecular formula is C14H20O3. The molecule has 2 bridgehead atoms. The zero-order chi connectivity index (χ0) is 13.0. The number of carbonyl (C=O) groups is 2. The van der Waals surface area contributed by atoms with Crippen LogP contribution in [0.3, 0.4) is 0 Å². The molecule has 0 heterocycles. The Morgan fingerprint density at radius 3 is 2.47 bits per heavy atom. The number of hydrogen-bond donors (Lipinski definition) is 0. The van der Waals surface area contributed by atoms with E-state index in [1.807, 2.05) is 0 Å². The number of Topliss-reactive ketones (excluding diaryl/α,β-unsaturated/α-hetero) is 1. The van der Waals surface area contributed by atoms with Gasteiger partial charge in [0, 0.05) is 17.9 Å². The Hall–Kier alpha value is -1.12. The predicted molar refractivity (Wildman–Crippen MR) is 64.3 cm³/mol. The first kappa shape index (κ1) is 12.3. The van der Waals surface area contributed by atoms with Gasteiger partial charge < -0.3 is 4.74 Å². The van der Waals surface area contributed by atoms with Crippen LogP contribution in [-0.4, -0.2) is 17.4 Å². The number of ketones is 1. The van der Waals surface area contributed by atoms with Gasteiger partial charge in [-0.1, -0.05) is 20.4 Å². The fourth-order valence-electron chi connectivity index (χ4n) is 3.33. The van der Waals surface area contributed by atoms with E-state index in [4.69, 9.17) is 4.74 Å². The summed E-state index contributed by atoms with van der Waals surface area (Å²) in [4.78, 5) is 23.8. The van der Waals surface area contributed by atoms with Crippen molar-refractivity contribution >= 4 is 11.8 Å². The molecule has 3 atom stereocenters. The molecule has 0 aromatic rings. The highest BCUT2D eigenvalue weighted by Crippen LogP contribution is 2.62. The molecule has 0 amide bonds. The van der Waals surface area contributed by atoms with Gasteiger partial charge in [0.25, 0.3) is 0 Å². The predicted octanol–water partition coefficient (Wildman–Crippen LogP) is 2.50. The summed E-state index contributed by atoms with van der Waals surface area (Å²) in [6.07, 6.45) is 1.52. The maximum absolute atomic E-state index is 12.1. The normalized spacial score (nSPS) is 38.2. The Morgan fingerprint density at radius 2 is 2.00 bits per heavy atom. The summed E-state index contributed by atoms with van der Waals surface area (Å²) in [6.45, 7) is 11.2. The minimum atomic E-state index is -0.950. The van der Waals surface area contributed by atoms with Crippen molar-refractivity contribution in [1.82, 2.24) is 0 Å². The molecule has 3 unspecified atom stereocenters. The van der Waals surface area contributed by atoms with E-state index in [2.05, 4.69) is 20.4 Å². The van der Waals surface area contributed by atoms with Crippen molar-refractivity contribution in [3.05, 3.63) is 12.2 Å². The number of carbonyl (C=O) groups excluding carboxylic acids is 2. The highest BCUT2D eigenvalue weighted by molar-refractivity contribution is 5.95. The lowest BCUT2D eigenvalue weighted by Gasteiger charge is -2.62. The van der Waals surface area contributed by atoms with Crippen LogP contribution in [0.5, 0.6) is 0 Å². The molecule has 0 aromatic carbocycles. The van der Waals surface area contributed by atoms with E-state index in [1.165, 1.54) is 0 Å². The van der Waals surface area contributed by atoms with Crippen molar-refractivity contribution in [1.29, 1.82) is 0 Å². The average molecular weight is 236 g/mol. The Morgan fingerprint density at radius 1 is 1.41 bits per heavy atom. The highest BCUT2D eigenvalue weighted by atomic mass is 16.6. The third-order valence-electron chi connectivity index (χ3n) is 4.77. The minimum absolute atomic E-state index is 0.0627. The Balaban J connectivity index is 2.25.